The molecule has 2 heterocycles. The molecule has 7 nitrogen and oxygen atoms in total. The lowest BCUT2D eigenvalue weighted by Gasteiger charge is -2.30. The minimum Gasteiger partial charge on any atom is -0.353 e. The van der Waals surface area contributed by atoms with Crippen LogP contribution in [0, 0.1) is 6.92 Å². The molecule has 0 spiro atoms. The van der Waals surface area contributed by atoms with Gasteiger partial charge in [0.05, 0.1) is 17.4 Å². The van der Waals surface area contributed by atoms with Gasteiger partial charge in [-0.25, -0.2) is 4.98 Å². The maximum absolute atomic E-state index is 13.2. The van der Waals surface area contributed by atoms with Crippen LogP contribution in [0.15, 0.2) is 36.5 Å². The topological polar surface area (TPSA) is 77.6 Å². The van der Waals surface area contributed by atoms with Gasteiger partial charge in [0.1, 0.15) is 5.82 Å². The maximum atomic E-state index is 13.2. The number of carbonyl (C=O) groups excluding carboxylic acids is 2. The summed E-state index contributed by atoms with van der Waals surface area (Å²) in [5.74, 6) is 0.401. The second kappa shape index (κ2) is 10.2. The Bertz CT molecular complexity index is 893. The van der Waals surface area contributed by atoms with E-state index in [9.17, 15) is 9.59 Å². The molecule has 2 amide bonds. The molecule has 7 heteroatoms. The van der Waals surface area contributed by atoms with Gasteiger partial charge in [-0.3, -0.25) is 9.59 Å². The molecule has 2 aromatic rings. The zero-order valence-corrected chi connectivity index (χ0v) is 18.1. The Labute approximate surface area is 178 Å². The number of benzene rings is 1. The predicted molar refractivity (Wildman–Crippen MR) is 120 cm³/mol. The van der Waals surface area contributed by atoms with E-state index in [0.29, 0.717) is 29.2 Å². The summed E-state index contributed by atoms with van der Waals surface area (Å²) >= 11 is 0. The van der Waals surface area contributed by atoms with E-state index in [1.54, 1.807) is 23.2 Å². The van der Waals surface area contributed by atoms with Gasteiger partial charge in [-0.05, 0) is 31.0 Å². The number of amides is 2. The van der Waals surface area contributed by atoms with Crippen LogP contribution in [0.25, 0.3) is 0 Å². The van der Waals surface area contributed by atoms with Crippen molar-refractivity contribution in [2.75, 3.05) is 50.0 Å². The van der Waals surface area contributed by atoms with Gasteiger partial charge in [0.2, 0.25) is 0 Å². The molecule has 1 fully saturated rings. The van der Waals surface area contributed by atoms with Crippen LogP contribution in [-0.4, -0.2) is 61.5 Å². The number of hydrogen-bond donors (Lipinski definition) is 2. The van der Waals surface area contributed by atoms with Crippen molar-refractivity contribution < 1.29 is 9.59 Å². The van der Waals surface area contributed by atoms with Crippen LogP contribution in [0.3, 0.4) is 0 Å². The average Bonchev–Trinajstić information content (AvgIpc) is 2.77. The number of nitrogens with zero attached hydrogens (tertiary/aromatic N) is 3. The van der Waals surface area contributed by atoms with Crippen LogP contribution in [0.1, 0.15) is 46.0 Å². The number of hydrogen-bond acceptors (Lipinski definition) is 5. The van der Waals surface area contributed by atoms with Crippen LogP contribution in [0.2, 0.25) is 0 Å². The summed E-state index contributed by atoms with van der Waals surface area (Å²) in [6.45, 7) is 7.99. The standard InChI is InChI=1S/C23H31N5O2/c1-4-5-12-27(3)23(30)20-15-18(16-25-21(20)28-13-10-24-11-14-28)26-22(29)19-9-7-6-8-17(19)2/h6-9,15-16,24H,4-5,10-14H2,1-3H3,(H,26,29). The minimum absolute atomic E-state index is 0.0727. The molecule has 0 atom stereocenters. The molecule has 1 aromatic heterocycles. The Morgan fingerprint density at radius 1 is 1.20 bits per heavy atom. The molecule has 160 valence electrons. The second-order valence-electron chi connectivity index (χ2n) is 7.68. The molecule has 3 rings (SSSR count). The van der Waals surface area contributed by atoms with E-state index >= 15 is 0 Å². The molecule has 1 aromatic carbocycles. The molecule has 1 aliphatic heterocycles. The van der Waals surface area contributed by atoms with E-state index in [1.807, 2.05) is 32.2 Å². The number of nitrogens with one attached hydrogen (secondary N) is 2. The molecule has 1 aliphatic rings. The average molecular weight is 410 g/mol. The third-order valence-electron chi connectivity index (χ3n) is 5.35. The zero-order valence-electron chi connectivity index (χ0n) is 18.1. The fourth-order valence-corrected chi connectivity index (χ4v) is 3.54. The monoisotopic (exact) mass is 409 g/mol. The van der Waals surface area contributed by atoms with Crippen LogP contribution in [0.5, 0.6) is 0 Å². The molecule has 0 unspecified atom stereocenters. The third kappa shape index (κ3) is 5.16. The van der Waals surface area contributed by atoms with Crippen molar-refractivity contribution in [3.63, 3.8) is 0 Å². The Morgan fingerprint density at radius 3 is 2.63 bits per heavy atom. The Kier molecular flexibility index (Phi) is 7.41. The normalized spacial score (nSPS) is 13.8. The van der Waals surface area contributed by atoms with Crippen molar-refractivity contribution in [3.8, 4) is 0 Å². The first-order valence-corrected chi connectivity index (χ1v) is 10.6. The smallest absolute Gasteiger partial charge is 0.257 e. The number of rotatable bonds is 7. The number of carbonyl (C=O) groups is 2. The Hall–Kier alpha value is -2.93. The Balaban J connectivity index is 1.89. The summed E-state index contributed by atoms with van der Waals surface area (Å²) in [4.78, 5) is 34.4. The number of anilines is 2. The summed E-state index contributed by atoms with van der Waals surface area (Å²) in [6, 6.07) is 9.19. The van der Waals surface area contributed by atoms with E-state index in [4.69, 9.17) is 0 Å². The summed E-state index contributed by atoms with van der Waals surface area (Å²) in [5.41, 5.74) is 2.56. The molecule has 0 radical (unpaired) electrons. The number of pyridine rings is 1. The maximum Gasteiger partial charge on any atom is 0.257 e. The first kappa shape index (κ1) is 21.8. The van der Waals surface area contributed by atoms with Crippen molar-refractivity contribution in [2.24, 2.45) is 0 Å². The van der Waals surface area contributed by atoms with Gasteiger partial charge in [-0.15, -0.1) is 0 Å². The summed E-state index contributed by atoms with van der Waals surface area (Å²) in [7, 11) is 1.82. The lowest BCUT2D eigenvalue weighted by molar-refractivity contribution is 0.0793. The predicted octanol–water partition coefficient (Wildman–Crippen LogP) is 2.92. The van der Waals surface area contributed by atoms with Gasteiger partial charge in [-0.2, -0.15) is 0 Å². The van der Waals surface area contributed by atoms with E-state index in [0.717, 1.165) is 44.6 Å². The van der Waals surface area contributed by atoms with E-state index in [1.165, 1.54) is 0 Å². The van der Waals surface area contributed by atoms with Gasteiger partial charge >= 0.3 is 0 Å². The highest BCUT2D eigenvalue weighted by Crippen LogP contribution is 2.24. The largest absolute Gasteiger partial charge is 0.353 e. The first-order chi connectivity index (χ1) is 14.5. The van der Waals surface area contributed by atoms with Gasteiger partial charge < -0.3 is 20.4 Å². The lowest BCUT2D eigenvalue weighted by Crippen LogP contribution is -2.45. The summed E-state index contributed by atoms with van der Waals surface area (Å²) in [5, 5.41) is 6.23. The minimum atomic E-state index is -0.206. The highest BCUT2D eigenvalue weighted by molar-refractivity contribution is 6.06. The number of aryl methyl sites for hydroxylation is 1. The summed E-state index contributed by atoms with van der Waals surface area (Å²) in [6.07, 6.45) is 3.60. The first-order valence-electron chi connectivity index (χ1n) is 10.6. The molecule has 2 N–H and O–H groups in total. The van der Waals surface area contributed by atoms with Crippen molar-refractivity contribution in [3.05, 3.63) is 53.2 Å². The van der Waals surface area contributed by atoms with Gasteiger partial charge in [0, 0.05) is 45.3 Å². The van der Waals surface area contributed by atoms with Gasteiger partial charge in [0.15, 0.2) is 0 Å². The Morgan fingerprint density at radius 2 is 1.93 bits per heavy atom. The molecule has 1 saturated heterocycles. The fraction of sp³-hybridized carbons (Fsp3) is 0.435. The molecular formula is C23H31N5O2. The van der Waals surface area contributed by atoms with Crippen LogP contribution < -0.4 is 15.5 Å². The third-order valence-corrected chi connectivity index (χ3v) is 5.35. The van der Waals surface area contributed by atoms with Crippen molar-refractivity contribution >= 4 is 23.3 Å². The SMILES string of the molecule is CCCCN(C)C(=O)c1cc(NC(=O)c2ccccc2C)cnc1N1CCNCC1. The molecule has 0 bridgehead atoms. The molecule has 0 saturated carbocycles. The van der Waals surface area contributed by atoms with Crippen molar-refractivity contribution in [1.29, 1.82) is 0 Å². The number of unbranched alkanes of at least 4 members (excludes halogenated alkanes) is 1. The zero-order chi connectivity index (χ0) is 21.5. The van der Waals surface area contributed by atoms with Crippen molar-refractivity contribution in [1.82, 2.24) is 15.2 Å². The van der Waals surface area contributed by atoms with Crippen LogP contribution in [0.4, 0.5) is 11.5 Å². The van der Waals surface area contributed by atoms with Crippen LogP contribution in [-0.2, 0) is 0 Å². The van der Waals surface area contributed by atoms with E-state index < -0.39 is 0 Å². The fourth-order valence-electron chi connectivity index (χ4n) is 3.54. The van der Waals surface area contributed by atoms with Gasteiger partial charge in [0.25, 0.3) is 11.8 Å². The number of piperazine rings is 1. The van der Waals surface area contributed by atoms with Gasteiger partial charge in [-0.1, -0.05) is 31.5 Å². The van der Waals surface area contributed by atoms with E-state index in [-0.39, 0.29) is 11.8 Å². The molecule has 30 heavy (non-hydrogen) atoms. The highest BCUT2D eigenvalue weighted by atomic mass is 16.2. The van der Waals surface area contributed by atoms with Crippen LogP contribution >= 0.6 is 0 Å². The molecular weight excluding hydrogens is 378 g/mol. The van der Waals surface area contributed by atoms with Crippen molar-refractivity contribution in [2.45, 2.75) is 26.7 Å². The highest BCUT2D eigenvalue weighted by Gasteiger charge is 2.23. The number of aromatic nitrogens is 1. The quantitative estimate of drug-likeness (QED) is 0.735. The molecule has 0 aliphatic carbocycles. The second-order valence-corrected chi connectivity index (χ2v) is 7.68. The lowest BCUT2D eigenvalue weighted by atomic mass is 10.1. The summed E-state index contributed by atoms with van der Waals surface area (Å²) < 4.78 is 0. The van der Waals surface area contributed by atoms with E-state index in [2.05, 4.69) is 27.4 Å².